The highest BCUT2D eigenvalue weighted by Gasteiger charge is 2.12. The summed E-state index contributed by atoms with van der Waals surface area (Å²) < 4.78 is 11.3. The first-order valence-electron chi connectivity index (χ1n) is 6.31. The summed E-state index contributed by atoms with van der Waals surface area (Å²) in [6, 6.07) is 7.99. The van der Waals surface area contributed by atoms with Gasteiger partial charge in [0, 0.05) is 24.4 Å². The second-order valence-corrected chi connectivity index (χ2v) is 4.27. The van der Waals surface area contributed by atoms with E-state index >= 15 is 0 Å². The van der Waals surface area contributed by atoms with Crippen molar-refractivity contribution in [2.75, 3.05) is 25.1 Å². The van der Waals surface area contributed by atoms with E-state index < -0.39 is 0 Å². The highest BCUT2D eigenvalue weighted by molar-refractivity contribution is 5.84. The molecule has 0 amide bonds. The number of hydrogen-bond donors (Lipinski definition) is 1. The first kappa shape index (κ1) is 11.1. The van der Waals surface area contributed by atoms with Crippen LogP contribution in [0.2, 0.25) is 0 Å². The zero-order chi connectivity index (χ0) is 12.4. The van der Waals surface area contributed by atoms with Gasteiger partial charge in [0.05, 0.1) is 18.7 Å². The Labute approximate surface area is 106 Å². The minimum atomic E-state index is 0.700. The van der Waals surface area contributed by atoms with Crippen LogP contribution in [0.15, 0.2) is 24.3 Å². The van der Waals surface area contributed by atoms with Gasteiger partial charge in [-0.15, -0.1) is 0 Å². The SMILES string of the molecule is CCNc1ccc2cc3c(cc2n1)OCCCO3. The molecule has 0 radical (unpaired) electrons. The van der Waals surface area contributed by atoms with Crippen LogP contribution in [0.3, 0.4) is 0 Å². The van der Waals surface area contributed by atoms with Crippen molar-refractivity contribution in [3.63, 3.8) is 0 Å². The Morgan fingerprint density at radius 1 is 1.17 bits per heavy atom. The average molecular weight is 244 g/mol. The molecule has 94 valence electrons. The van der Waals surface area contributed by atoms with Crippen LogP contribution in [0.25, 0.3) is 10.9 Å². The van der Waals surface area contributed by atoms with Crippen LogP contribution >= 0.6 is 0 Å². The van der Waals surface area contributed by atoms with Gasteiger partial charge < -0.3 is 14.8 Å². The number of ether oxygens (including phenoxy) is 2. The van der Waals surface area contributed by atoms with Crippen molar-refractivity contribution >= 4 is 16.7 Å². The molecule has 0 aliphatic carbocycles. The molecule has 1 aliphatic heterocycles. The van der Waals surface area contributed by atoms with E-state index in [1.54, 1.807) is 0 Å². The van der Waals surface area contributed by atoms with Crippen LogP contribution in [0.5, 0.6) is 11.5 Å². The van der Waals surface area contributed by atoms with Crippen molar-refractivity contribution in [2.24, 2.45) is 0 Å². The van der Waals surface area contributed by atoms with Crippen LogP contribution in [0, 0.1) is 0 Å². The van der Waals surface area contributed by atoms with Gasteiger partial charge in [-0.1, -0.05) is 0 Å². The number of hydrogen-bond acceptors (Lipinski definition) is 4. The minimum Gasteiger partial charge on any atom is -0.490 e. The van der Waals surface area contributed by atoms with Gasteiger partial charge in [0.25, 0.3) is 0 Å². The van der Waals surface area contributed by atoms with Crippen molar-refractivity contribution in [1.29, 1.82) is 0 Å². The first-order chi connectivity index (χ1) is 8.86. The molecule has 2 aromatic rings. The molecular formula is C14H16N2O2. The summed E-state index contributed by atoms with van der Waals surface area (Å²) in [6.45, 7) is 4.33. The summed E-state index contributed by atoms with van der Waals surface area (Å²) in [5.41, 5.74) is 0.928. The van der Waals surface area contributed by atoms with E-state index in [0.717, 1.165) is 41.2 Å². The molecule has 18 heavy (non-hydrogen) atoms. The fourth-order valence-corrected chi connectivity index (χ4v) is 2.06. The van der Waals surface area contributed by atoms with Crippen molar-refractivity contribution in [3.05, 3.63) is 24.3 Å². The van der Waals surface area contributed by atoms with Gasteiger partial charge in [0.1, 0.15) is 5.82 Å². The molecule has 0 unspecified atom stereocenters. The second-order valence-electron chi connectivity index (χ2n) is 4.27. The largest absolute Gasteiger partial charge is 0.490 e. The van der Waals surface area contributed by atoms with Gasteiger partial charge in [0.15, 0.2) is 11.5 Å². The van der Waals surface area contributed by atoms with Crippen molar-refractivity contribution < 1.29 is 9.47 Å². The number of nitrogens with zero attached hydrogens (tertiary/aromatic N) is 1. The highest BCUT2D eigenvalue weighted by atomic mass is 16.5. The van der Waals surface area contributed by atoms with Crippen LogP contribution in [0.4, 0.5) is 5.82 Å². The molecule has 1 aromatic heterocycles. The van der Waals surface area contributed by atoms with Gasteiger partial charge in [-0.2, -0.15) is 0 Å². The molecule has 0 atom stereocenters. The molecule has 0 spiro atoms. The van der Waals surface area contributed by atoms with Gasteiger partial charge >= 0.3 is 0 Å². The van der Waals surface area contributed by atoms with E-state index in [1.165, 1.54) is 0 Å². The van der Waals surface area contributed by atoms with Crippen LogP contribution in [-0.4, -0.2) is 24.7 Å². The van der Waals surface area contributed by atoms with Crippen molar-refractivity contribution in [1.82, 2.24) is 4.98 Å². The molecule has 0 fully saturated rings. The Balaban J connectivity index is 2.07. The van der Waals surface area contributed by atoms with Crippen molar-refractivity contribution in [3.8, 4) is 11.5 Å². The third-order valence-corrected chi connectivity index (χ3v) is 2.92. The zero-order valence-electron chi connectivity index (χ0n) is 10.4. The van der Waals surface area contributed by atoms with Crippen molar-refractivity contribution in [2.45, 2.75) is 13.3 Å². The topological polar surface area (TPSA) is 43.4 Å². The van der Waals surface area contributed by atoms with Gasteiger partial charge in [0.2, 0.25) is 0 Å². The molecule has 1 aliphatic rings. The van der Waals surface area contributed by atoms with E-state index in [1.807, 2.05) is 18.2 Å². The number of anilines is 1. The number of fused-ring (bicyclic) bond motifs is 2. The number of rotatable bonds is 2. The minimum absolute atomic E-state index is 0.700. The summed E-state index contributed by atoms with van der Waals surface area (Å²) in [4.78, 5) is 4.56. The molecule has 3 rings (SSSR count). The van der Waals surface area contributed by atoms with Gasteiger partial charge in [-0.3, -0.25) is 0 Å². The van der Waals surface area contributed by atoms with Crippen LogP contribution in [-0.2, 0) is 0 Å². The van der Waals surface area contributed by atoms with Gasteiger partial charge in [-0.05, 0) is 25.1 Å². The lowest BCUT2D eigenvalue weighted by Gasteiger charge is -2.09. The molecule has 1 N–H and O–H groups in total. The Bertz CT molecular complexity index is 569. The van der Waals surface area contributed by atoms with E-state index in [4.69, 9.17) is 9.47 Å². The summed E-state index contributed by atoms with van der Waals surface area (Å²) in [6.07, 6.45) is 0.918. The average Bonchev–Trinajstić information content (AvgIpc) is 2.61. The standard InChI is InChI=1S/C14H16N2O2/c1-2-15-14-5-4-10-8-12-13(9-11(10)16-14)18-7-3-6-17-12/h4-5,8-9H,2-3,6-7H2,1H3,(H,15,16). The fraction of sp³-hybridized carbons (Fsp3) is 0.357. The van der Waals surface area contributed by atoms with E-state index in [2.05, 4.69) is 23.3 Å². The third kappa shape index (κ3) is 2.06. The first-order valence-corrected chi connectivity index (χ1v) is 6.31. The van der Waals surface area contributed by atoms with E-state index in [0.29, 0.717) is 13.2 Å². The molecular weight excluding hydrogens is 228 g/mol. The number of aromatic nitrogens is 1. The maximum absolute atomic E-state index is 5.67. The predicted octanol–water partition coefficient (Wildman–Crippen LogP) is 2.83. The monoisotopic (exact) mass is 244 g/mol. The number of pyridine rings is 1. The van der Waals surface area contributed by atoms with E-state index in [-0.39, 0.29) is 0 Å². The van der Waals surface area contributed by atoms with E-state index in [9.17, 15) is 0 Å². The Morgan fingerprint density at radius 3 is 2.72 bits per heavy atom. The highest BCUT2D eigenvalue weighted by Crippen LogP contribution is 2.33. The Morgan fingerprint density at radius 2 is 1.94 bits per heavy atom. The van der Waals surface area contributed by atoms with Crippen LogP contribution in [0.1, 0.15) is 13.3 Å². The quantitative estimate of drug-likeness (QED) is 0.882. The third-order valence-electron chi connectivity index (χ3n) is 2.92. The number of nitrogens with one attached hydrogen (secondary N) is 1. The van der Waals surface area contributed by atoms with Gasteiger partial charge in [-0.25, -0.2) is 4.98 Å². The molecule has 4 heteroatoms. The molecule has 0 saturated heterocycles. The summed E-state index contributed by atoms with van der Waals surface area (Å²) in [7, 11) is 0. The summed E-state index contributed by atoms with van der Waals surface area (Å²) in [5.74, 6) is 2.50. The summed E-state index contributed by atoms with van der Waals surface area (Å²) >= 11 is 0. The van der Waals surface area contributed by atoms with Crippen LogP contribution < -0.4 is 14.8 Å². The predicted molar refractivity (Wildman–Crippen MR) is 71.5 cm³/mol. The Kier molecular flexibility index (Phi) is 2.92. The second kappa shape index (κ2) is 4.72. The molecule has 0 saturated carbocycles. The molecule has 0 bridgehead atoms. The lowest BCUT2D eigenvalue weighted by Crippen LogP contribution is -1.99. The Hall–Kier alpha value is -1.97. The molecule has 1 aromatic carbocycles. The normalized spacial score (nSPS) is 14.3. The fourth-order valence-electron chi connectivity index (χ4n) is 2.06. The molecule has 2 heterocycles. The lowest BCUT2D eigenvalue weighted by atomic mass is 10.2. The smallest absolute Gasteiger partial charge is 0.163 e. The molecule has 4 nitrogen and oxygen atoms in total. The maximum Gasteiger partial charge on any atom is 0.163 e. The lowest BCUT2D eigenvalue weighted by molar-refractivity contribution is 0.297. The zero-order valence-corrected chi connectivity index (χ0v) is 10.4. The maximum atomic E-state index is 5.67. The summed E-state index contributed by atoms with van der Waals surface area (Å²) in [5, 5.41) is 4.28. The number of benzene rings is 1.